The fraction of sp³-hybridized carbons (Fsp3) is 0.286. The molecule has 1 aliphatic heterocycles. The van der Waals surface area contributed by atoms with Crippen LogP contribution in [0.1, 0.15) is 24.8 Å². The average molecular weight is 305 g/mol. The summed E-state index contributed by atoms with van der Waals surface area (Å²) in [4.78, 5) is 36.5. The molecule has 3 amide bonds. The fourth-order valence-electron chi connectivity index (χ4n) is 2.12. The van der Waals surface area contributed by atoms with Crippen LogP contribution in [0.25, 0.3) is 0 Å². The number of nitrogens with zero attached hydrogens (tertiary/aromatic N) is 1. The van der Waals surface area contributed by atoms with E-state index in [4.69, 9.17) is 18.0 Å². The van der Waals surface area contributed by atoms with E-state index < -0.39 is 5.91 Å². The SMILES string of the molecule is NC(=S)c1ccccc1NC(=O)CN1C(=O)CCCC1=O. The van der Waals surface area contributed by atoms with Gasteiger partial charge in [-0.2, -0.15) is 0 Å². The van der Waals surface area contributed by atoms with Gasteiger partial charge in [0.2, 0.25) is 17.7 Å². The summed E-state index contributed by atoms with van der Waals surface area (Å²) in [6, 6.07) is 6.83. The second-order valence-corrected chi connectivity index (χ2v) is 5.13. The molecule has 0 aliphatic carbocycles. The van der Waals surface area contributed by atoms with Crippen molar-refractivity contribution in [1.82, 2.24) is 4.90 Å². The van der Waals surface area contributed by atoms with Gasteiger partial charge in [0, 0.05) is 18.4 Å². The quantitative estimate of drug-likeness (QED) is 0.634. The molecule has 1 aromatic carbocycles. The number of hydrogen-bond acceptors (Lipinski definition) is 4. The molecule has 110 valence electrons. The van der Waals surface area contributed by atoms with Crippen molar-refractivity contribution in [2.45, 2.75) is 19.3 Å². The number of anilines is 1. The van der Waals surface area contributed by atoms with E-state index >= 15 is 0 Å². The summed E-state index contributed by atoms with van der Waals surface area (Å²) in [6.45, 7) is -0.288. The monoisotopic (exact) mass is 305 g/mol. The van der Waals surface area contributed by atoms with E-state index in [0.29, 0.717) is 30.5 Å². The summed E-state index contributed by atoms with van der Waals surface area (Å²) in [5.74, 6) is -1.09. The van der Waals surface area contributed by atoms with Crippen molar-refractivity contribution in [1.29, 1.82) is 0 Å². The molecule has 0 spiro atoms. The molecule has 21 heavy (non-hydrogen) atoms. The molecule has 1 heterocycles. The maximum Gasteiger partial charge on any atom is 0.244 e. The van der Waals surface area contributed by atoms with Gasteiger partial charge < -0.3 is 11.1 Å². The number of thiocarbonyl (C=S) groups is 1. The third-order valence-electron chi connectivity index (χ3n) is 3.15. The Hall–Kier alpha value is -2.28. The smallest absolute Gasteiger partial charge is 0.244 e. The zero-order valence-corrected chi connectivity index (χ0v) is 12.1. The molecule has 1 aliphatic rings. The van der Waals surface area contributed by atoms with Crippen LogP contribution in [0, 0.1) is 0 Å². The first-order valence-corrected chi connectivity index (χ1v) is 6.91. The van der Waals surface area contributed by atoms with Crippen LogP contribution in [0.2, 0.25) is 0 Å². The second-order valence-electron chi connectivity index (χ2n) is 4.69. The summed E-state index contributed by atoms with van der Waals surface area (Å²) in [6.07, 6.45) is 1.13. The van der Waals surface area contributed by atoms with Crippen molar-refractivity contribution in [3.63, 3.8) is 0 Å². The van der Waals surface area contributed by atoms with Crippen molar-refractivity contribution in [3.8, 4) is 0 Å². The van der Waals surface area contributed by atoms with Crippen molar-refractivity contribution < 1.29 is 14.4 Å². The van der Waals surface area contributed by atoms with E-state index in [1.54, 1.807) is 24.3 Å². The number of nitrogens with two attached hydrogens (primary N) is 1. The van der Waals surface area contributed by atoms with Gasteiger partial charge in [0.25, 0.3) is 0 Å². The van der Waals surface area contributed by atoms with Gasteiger partial charge in [-0.25, -0.2) is 0 Å². The minimum absolute atomic E-state index is 0.163. The number of nitrogens with one attached hydrogen (secondary N) is 1. The largest absolute Gasteiger partial charge is 0.389 e. The van der Waals surface area contributed by atoms with Gasteiger partial charge in [-0.3, -0.25) is 19.3 Å². The molecule has 1 fully saturated rings. The topological polar surface area (TPSA) is 92.5 Å². The normalized spacial score (nSPS) is 15.0. The molecule has 0 atom stereocenters. The lowest BCUT2D eigenvalue weighted by atomic mass is 10.1. The number of benzene rings is 1. The summed E-state index contributed by atoms with van der Waals surface area (Å²) in [5, 5.41) is 2.63. The minimum atomic E-state index is -0.456. The molecule has 1 saturated heterocycles. The van der Waals surface area contributed by atoms with E-state index in [9.17, 15) is 14.4 Å². The predicted molar refractivity (Wildman–Crippen MR) is 81.5 cm³/mol. The van der Waals surface area contributed by atoms with E-state index in [1.165, 1.54) is 0 Å². The average Bonchev–Trinajstić information content (AvgIpc) is 2.43. The number of likely N-dealkylation sites (tertiary alicyclic amines) is 1. The molecule has 0 radical (unpaired) electrons. The fourth-order valence-corrected chi connectivity index (χ4v) is 2.29. The Morgan fingerprint density at radius 3 is 2.48 bits per heavy atom. The third-order valence-corrected chi connectivity index (χ3v) is 3.37. The molecule has 0 bridgehead atoms. The number of amides is 3. The number of rotatable bonds is 4. The maximum absolute atomic E-state index is 12.0. The highest BCUT2D eigenvalue weighted by atomic mass is 32.1. The molecule has 0 aromatic heterocycles. The highest BCUT2D eigenvalue weighted by Gasteiger charge is 2.27. The van der Waals surface area contributed by atoms with Crippen molar-refractivity contribution >= 4 is 40.6 Å². The molecule has 3 N–H and O–H groups in total. The summed E-state index contributed by atoms with van der Waals surface area (Å²) >= 11 is 4.91. The van der Waals surface area contributed by atoms with Crippen LogP contribution in [-0.2, 0) is 14.4 Å². The number of imide groups is 1. The van der Waals surface area contributed by atoms with Crippen LogP contribution in [0.3, 0.4) is 0 Å². The van der Waals surface area contributed by atoms with Crippen LogP contribution in [0.5, 0.6) is 0 Å². The molecule has 0 saturated carbocycles. The summed E-state index contributed by atoms with van der Waals surface area (Å²) in [5.41, 5.74) is 6.58. The van der Waals surface area contributed by atoms with Gasteiger partial charge in [-0.15, -0.1) is 0 Å². The van der Waals surface area contributed by atoms with Crippen LogP contribution >= 0.6 is 12.2 Å². The first-order chi connectivity index (χ1) is 9.99. The van der Waals surface area contributed by atoms with Gasteiger partial charge in [0.15, 0.2) is 0 Å². The standard InChI is InChI=1S/C14H15N3O3S/c15-14(21)9-4-1-2-5-10(9)16-11(18)8-17-12(19)6-3-7-13(17)20/h1-2,4-5H,3,6-8H2,(H2,15,21)(H,16,18). The number of para-hydroxylation sites is 1. The zero-order valence-electron chi connectivity index (χ0n) is 11.3. The highest BCUT2D eigenvalue weighted by Crippen LogP contribution is 2.16. The van der Waals surface area contributed by atoms with Crippen LogP contribution in [0.4, 0.5) is 5.69 Å². The number of piperidine rings is 1. The molecule has 7 heteroatoms. The number of carbonyl (C=O) groups is 3. The van der Waals surface area contributed by atoms with Crippen molar-refractivity contribution in [3.05, 3.63) is 29.8 Å². The van der Waals surface area contributed by atoms with Crippen LogP contribution in [-0.4, -0.2) is 34.2 Å². The van der Waals surface area contributed by atoms with Crippen LogP contribution < -0.4 is 11.1 Å². The molecular formula is C14H15N3O3S. The Morgan fingerprint density at radius 2 is 1.86 bits per heavy atom. The Labute approximate surface area is 127 Å². The molecule has 2 rings (SSSR count). The first-order valence-electron chi connectivity index (χ1n) is 6.51. The lowest BCUT2D eigenvalue weighted by molar-refractivity contribution is -0.150. The zero-order chi connectivity index (χ0) is 15.4. The van der Waals surface area contributed by atoms with Gasteiger partial charge in [0.05, 0.1) is 5.69 Å². The molecule has 6 nitrogen and oxygen atoms in total. The molecular weight excluding hydrogens is 290 g/mol. The van der Waals surface area contributed by atoms with Gasteiger partial charge in [0.1, 0.15) is 11.5 Å². The Morgan fingerprint density at radius 1 is 1.24 bits per heavy atom. The Balaban J connectivity index is 2.07. The van der Waals surface area contributed by atoms with Gasteiger partial charge in [-0.05, 0) is 18.6 Å². The second kappa shape index (κ2) is 6.45. The van der Waals surface area contributed by atoms with Crippen molar-refractivity contribution in [2.24, 2.45) is 5.73 Å². The van der Waals surface area contributed by atoms with Gasteiger partial charge >= 0.3 is 0 Å². The lowest BCUT2D eigenvalue weighted by Crippen LogP contribution is -2.44. The van der Waals surface area contributed by atoms with E-state index in [0.717, 1.165) is 4.90 Å². The van der Waals surface area contributed by atoms with Crippen molar-refractivity contribution in [2.75, 3.05) is 11.9 Å². The Kier molecular flexibility index (Phi) is 4.64. The summed E-state index contributed by atoms with van der Waals surface area (Å²) in [7, 11) is 0. The van der Waals surface area contributed by atoms with E-state index in [2.05, 4.69) is 5.32 Å². The lowest BCUT2D eigenvalue weighted by Gasteiger charge is -2.24. The highest BCUT2D eigenvalue weighted by molar-refractivity contribution is 7.80. The maximum atomic E-state index is 12.0. The van der Waals surface area contributed by atoms with Crippen LogP contribution in [0.15, 0.2) is 24.3 Å². The number of hydrogen-bond donors (Lipinski definition) is 2. The number of carbonyl (C=O) groups excluding carboxylic acids is 3. The third kappa shape index (κ3) is 3.63. The van der Waals surface area contributed by atoms with Gasteiger partial charge in [-0.1, -0.05) is 24.4 Å². The minimum Gasteiger partial charge on any atom is -0.389 e. The van der Waals surface area contributed by atoms with E-state index in [-0.39, 0.29) is 23.3 Å². The molecule has 1 aromatic rings. The predicted octanol–water partition coefficient (Wildman–Crippen LogP) is 0.798. The molecule has 0 unspecified atom stereocenters. The Bertz CT molecular complexity index is 599. The first kappa shape index (κ1) is 15.1. The van der Waals surface area contributed by atoms with E-state index in [1.807, 2.05) is 0 Å². The summed E-state index contributed by atoms with van der Waals surface area (Å²) < 4.78 is 0.